The lowest BCUT2D eigenvalue weighted by atomic mass is 10.1. The van der Waals surface area contributed by atoms with Crippen LogP contribution in [0.5, 0.6) is 0 Å². The highest BCUT2D eigenvalue weighted by atomic mass is 16.5. The molecule has 0 heterocycles. The fourth-order valence-electron chi connectivity index (χ4n) is 1.52. The van der Waals surface area contributed by atoms with Crippen LogP contribution in [0.15, 0.2) is 0 Å². The maximum Gasteiger partial charge on any atom is 0.306 e. The molecule has 0 aliphatic heterocycles. The summed E-state index contributed by atoms with van der Waals surface area (Å²) in [5.74, 6) is -0.0279. The molecule has 0 rings (SSSR count). The van der Waals surface area contributed by atoms with Crippen molar-refractivity contribution in [3.63, 3.8) is 0 Å². The summed E-state index contributed by atoms with van der Waals surface area (Å²) in [6, 6.07) is 0. The molecule has 0 unspecified atom stereocenters. The summed E-state index contributed by atoms with van der Waals surface area (Å²) in [4.78, 5) is 11.3. The van der Waals surface area contributed by atoms with Crippen LogP contribution in [0.3, 0.4) is 0 Å². The molecular weight excluding hydrogens is 188 g/mol. The van der Waals surface area contributed by atoms with Gasteiger partial charge in [0, 0.05) is 6.42 Å². The quantitative estimate of drug-likeness (QED) is 0.427. The summed E-state index contributed by atoms with van der Waals surface area (Å²) >= 11 is 0. The van der Waals surface area contributed by atoms with Gasteiger partial charge >= 0.3 is 5.97 Å². The van der Waals surface area contributed by atoms with Gasteiger partial charge in [0.15, 0.2) is 0 Å². The molecule has 2 nitrogen and oxygen atoms in total. The van der Waals surface area contributed by atoms with Gasteiger partial charge in [-0.2, -0.15) is 0 Å². The summed E-state index contributed by atoms with van der Waals surface area (Å²) in [5, 5.41) is 0. The minimum atomic E-state index is -0.0279. The van der Waals surface area contributed by atoms with Crippen molar-refractivity contribution in [2.75, 3.05) is 0 Å². The van der Waals surface area contributed by atoms with Crippen molar-refractivity contribution >= 4 is 5.97 Å². The van der Waals surface area contributed by atoms with Gasteiger partial charge in [-0.25, -0.2) is 0 Å². The Balaban J connectivity index is 3.38. The zero-order chi connectivity index (χ0) is 11.5. The highest BCUT2D eigenvalue weighted by Gasteiger charge is 2.08. The second kappa shape index (κ2) is 10.0. The van der Waals surface area contributed by atoms with Crippen LogP contribution in [0, 0.1) is 0 Å². The van der Waals surface area contributed by atoms with Gasteiger partial charge in [-0.1, -0.05) is 39.5 Å². The molecule has 90 valence electrons. The van der Waals surface area contributed by atoms with Crippen LogP contribution >= 0.6 is 0 Å². The first kappa shape index (κ1) is 14.5. The number of carbonyl (C=O) groups is 1. The van der Waals surface area contributed by atoms with Gasteiger partial charge in [-0.15, -0.1) is 0 Å². The van der Waals surface area contributed by atoms with Gasteiger partial charge in [-0.05, 0) is 26.2 Å². The smallest absolute Gasteiger partial charge is 0.306 e. The molecule has 0 aliphatic rings. The van der Waals surface area contributed by atoms with Crippen LogP contribution in [0.25, 0.3) is 0 Å². The molecule has 0 aromatic rings. The first-order valence-corrected chi connectivity index (χ1v) is 6.40. The van der Waals surface area contributed by atoms with Crippen LogP contribution in [0.2, 0.25) is 0 Å². The summed E-state index contributed by atoms with van der Waals surface area (Å²) < 4.78 is 5.29. The maximum absolute atomic E-state index is 11.3. The van der Waals surface area contributed by atoms with Crippen LogP contribution in [-0.2, 0) is 9.53 Å². The van der Waals surface area contributed by atoms with Crippen molar-refractivity contribution in [2.45, 2.75) is 78.2 Å². The number of carbonyl (C=O) groups excluding carboxylic acids is 1. The van der Waals surface area contributed by atoms with Crippen molar-refractivity contribution < 1.29 is 9.53 Å². The Kier molecular flexibility index (Phi) is 9.65. The lowest BCUT2D eigenvalue weighted by Gasteiger charge is -2.12. The zero-order valence-electron chi connectivity index (χ0n) is 10.6. The van der Waals surface area contributed by atoms with Gasteiger partial charge in [0.25, 0.3) is 0 Å². The molecule has 2 heteroatoms. The molecule has 0 saturated heterocycles. The fraction of sp³-hybridized carbons (Fsp3) is 0.923. The SMILES string of the molecule is CCCCCC[C@H](C)OC(=O)CCCC. The Morgan fingerprint density at radius 1 is 1.07 bits per heavy atom. The Morgan fingerprint density at radius 3 is 2.33 bits per heavy atom. The molecule has 0 aliphatic carbocycles. The molecule has 0 amide bonds. The molecule has 0 saturated carbocycles. The van der Waals surface area contributed by atoms with E-state index in [0.29, 0.717) is 6.42 Å². The van der Waals surface area contributed by atoms with Crippen molar-refractivity contribution in [2.24, 2.45) is 0 Å². The molecule has 0 spiro atoms. The average molecular weight is 214 g/mol. The third kappa shape index (κ3) is 9.77. The van der Waals surface area contributed by atoms with E-state index >= 15 is 0 Å². The maximum atomic E-state index is 11.3. The van der Waals surface area contributed by atoms with Gasteiger partial charge in [0.1, 0.15) is 0 Å². The number of esters is 1. The van der Waals surface area contributed by atoms with Gasteiger partial charge in [0.2, 0.25) is 0 Å². The first-order valence-electron chi connectivity index (χ1n) is 6.40. The summed E-state index contributed by atoms with van der Waals surface area (Å²) in [5.41, 5.74) is 0. The minimum absolute atomic E-state index is 0.0279. The third-order valence-electron chi connectivity index (χ3n) is 2.53. The average Bonchev–Trinajstić information content (AvgIpc) is 2.21. The van der Waals surface area contributed by atoms with Gasteiger partial charge < -0.3 is 4.74 Å². The third-order valence-corrected chi connectivity index (χ3v) is 2.53. The molecule has 0 bridgehead atoms. The number of unbranched alkanes of at least 4 members (excludes halogenated alkanes) is 4. The molecule has 1 atom stereocenters. The highest BCUT2D eigenvalue weighted by Crippen LogP contribution is 2.09. The second-order valence-electron chi connectivity index (χ2n) is 4.25. The summed E-state index contributed by atoms with van der Waals surface area (Å²) in [6.07, 6.45) is 8.67. The standard InChI is InChI=1S/C13H26O2/c1-4-6-8-9-10-12(3)15-13(14)11-7-5-2/h12H,4-11H2,1-3H3/t12-/m0/s1. The van der Waals surface area contributed by atoms with E-state index in [9.17, 15) is 4.79 Å². The molecular formula is C13H26O2. The lowest BCUT2D eigenvalue weighted by Crippen LogP contribution is -2.14. The Hall–Kier alpha value is -0.530. The molecule has 0 N–H and O–H groups in total. The zero-order valence-corrected chi connectivity index (χ0v) is 10.6. The van der Waals surface area contributed by atoms with E-state index in [0.717, 1.165) is 19.3 Å². The molecule has 15 heavy (non-hydrogen) atoms. The first-order chi connectivity index (χ1) is 7.20. The lowest BCUT2D eigenvalue weighted by molar-refractivity contribution is -0.148. The fourth-order valence-corrected chi connectivity index (χ4v) is 1.52. The van der Waals surface area contributed by atoms with E-state index in [4.69, 9.17) is 4.74 Å². The Morgan fingerprint density at radius 2 is 1.73 bits per heavy atom. The normalized spacial score (nSPS) is 12.5. The van der Waals surface area contributed by atoms with Crippen molar-refractivity contribution in [3.05, 3.63) is 0 Å². The monoisotopic (exact) mass is 214 g/mol. The molecule has 0 aromatic carbocycles. The van der Waals surface area contributed by atoms with Crippen molar-refractivity contribution in [1.82, 2.24) is 0 Å². The van der Waals surface area contributed by atoms with E-state index in [2.05, 4.69) is 13.8 Å². The van der Waals surface area contributed by atoms with Crippen molar-refractivity contribution in [3.8, 4) is 0 Å². The van der Waals surface area contributed by atoms with E-state index in [1.165, 1.54) is 25.7 Å². The van der Waals surface area contributed by atoms with Crippen molar-refractivity contribution in [1.29, 1.82) is 0 Å². The number of rotatable bonds is 9. The van der Waals surface area contributed by atoms with E-state index in [1.807, 2.05) is 6.92 Å². The summed E-state index contributed by atoms with van der Waals surface area (Å²) in [7, 11) is 0. The number of ether oxygens (including phenoxy) is 1. The van der Waals surface area contributed by atoms with Crippen LogP contribution in [0.4, 0.5) is 0 Å². The topological polar surface area (TPSA) is 26.3 Å². The Bertz CT molecular complexity index is 155. The van der Waals surface area contributed by atoms with Crippen LogP contribution in [-0.4, -0.2) is 12.1 Å². The van der Waals surface area contributed by atoms with Crippen LogP contribution < -0.4 is 0 Å². The highest BCUT2D eigenvalue weighted by molar-refractivity contribution is 5.69. The number of hydrogen-bond acceptors (Lipinski definition) is 2. The largest absolute Gasteiger partial charge is 0.463 e. The van der Waals surface area contributed by atoms with Gasteiger partial charge in [0.05, 0.1) is 6.10 Å². The minimum Gasteiger partial charge on any atom is -0.463 e. The predicted octanol–water partition coefficient (Wildman–Crippen LogP) is 4.08. The Labute approximate surface area is 94.4 Å². The molecule has 0 fully saturated rings. The van der Waals surface area contributed by atoms with E-state index in [-0.39, 0.29) is 12.1 Å². The predicted molar refractivity (Wildman–Crippen MR) is 63.8 cm³/mol. The molecule has 0 radical (unpaired) electrons. The second-order valence-corrected chi connectivity index (χ2v) is 4.25. The van der Waals surface area contributed by atoms with Crippen LogP contribution in [0.1, 0.15) is 72.1 Å². The van der Waals surface area contributed by atoms with E-state index in [1.54, 1.807) is 0 Å². The summed E-state index contributed by atoms with van der Waals surface area (Å²) in [6.45, 7) is 6.28. The van der Waals surface area contributed by atoms with E-state index < -0.39 is 0 Å². The van der Waals surface area contributed by atoms with Gasteiger partial charge in [-0.3, -0.25) is 4.79 Å². The number of hydrogen-bond donors (Lipinski definition) is 0. The molecule has 0 aromatic heterocycles.